The van der Waals surface area contributed by atoms with Gasteiger partial charge in [-0.15, -0.1) is 11.4 Å². The molecule has 0 heterocycles. The molecule has 208 valence electrons. The zero-order valence-corrected chi connectivity index (χ0v) is 29.2. The number of hydrogen-bond donors (Lipinski definition) is 0. The topological polar surface area (TPSA) is 47.6 Å². The van der Waals surface area contributed by atoms with E-state index in [2.05, 4.69) is 88.6 Å². The third-order valence-electron chi connectivity index (χ3n) is 7.17. The summed E-state index contributed by atoms with van der Waals surface area (Å²) in [5.74, 6) is 14.7. The largest absolute Gasteiger partial charge is 0.699 e. The second kappa shape index (κ2) is 22.5. The first-order chi connectivity index (χ1) is 17.9. The monoisotopic (exact) mass is 728 g/mol. The predicted octanol–water partition coefficient (Wildman–Crippen LogP) is 12.1. The van der Waals surface area contributed by atoms with Crippen LogP contribution in [0.1, 0.15) is 69.2 Å². The Balaban J connectivity index is 0. The van der Waals surface area contributed by atoms with Crippen LogP contribution in [0.15, 0.2) is 60.7 Å². The predicted molar refractivity (Wildman–Crippen MR) is 162 cm³/mol. The van der Waals surface area contributed by atoms with E-state index < -0.39 is 0 Å². The molecular weight excluding hydrogens is 685 g/mol. The van der Waals surface area contributed by atoms with Crippen molar-refractivity contribution in [1.29, 1.82) is 0 Å². The first kappa shape index (κ1) is 40.0. The molecule has 6 heteroatoms. The fourth-order valence-corrected chi connectivity index (χ4v) is 3.69. The molecule has 0 aliphatic heterocycles. The summed E-state index contributed by atoms with van der Waals surface area (Å²) in [6.07, 6.45) is 0. The molecule has 0 unspecified atom stereocenters. The van der Waals surface area contributed by atoms with Gasteiger partial charge in [0.15, 0.2) is 0 Å². The summed E-state index contributed by atoms with van der Waals surface area (Å²) in [4.78, 5) is 0. The van der Waals surface area contributed by atoms with Crippen molar-refractivity contribution in [3.8, 4) is 0 Å². The molecule has 2 fully saturated rings. The van der Waals surface area contributed by atoms with Crippen molar-refractivity contribution < 1.29 is 34.6 Å². The van der Waals surface area contributed by atoms with E-state index in [9.17, 15) is 0 Å². The van der Waals surface area contributed by atoms with Gasteiger partial charge in [-0.05, 0) is 59.2 Å². The van der Waals surface area contributed by atoms with Crippen molar-refractivity contribution in [2.75, 3.05) is 0 Å². The minimum Gasteiger partial charge on any atom is -0.699 e. The van der Waals surface area contributed by atoms with Crippen LogP contribution in [0.5, 0.6) is 0 Å². The van der Waals surface area contributed by atoms with Crippen molar-refractivity contribution in [2.24, 2.45) is 0 Å². The van der Waals surface area contributed by atoms with Crippen molar-refractivity contribution in [2.45, 2.75) is 69.2 Å². The van der Waals surface area contributed by atoms with Gasteiger partial charge in [-0.3, -0.25) is 0 Å². The smallest absolute Gasteiger partial charge is 0.0624 e. The third kappa shape index (κ3) is 14.0. The Morgan fingerprint density at radius 3 is 0.553 bits per heavy atom. The summed E-state index contributed by atoms with van der Waals surface area (Å²) in [6, 6.07) is 18.2. The van der Waals surface area contributed by atoms with E-state index in [0.717, 1.165) is 0 Å². The summed E-state index contributed by atoms with van der Waals surface area (Å²) < 4.78 is 0. The van der Waals surface area contributed by atoms with Crippen molar-refractivity contribution in [3.05, 3.63) is 131 Å². The van der Waals surface area contributed by atoms with Crippen LogP contribution in [0, 0.1) is 59.2 Å². The molecule has 2 saturated carbocycles. The molecule has 2 aliphatic carbocycles. The van der Waals surface area contributed by atoms with Gasteiger partial charge in [0.25, 0.3) is 0 Å². The van der Waals surface area contributed by atoms with Gasteiger partial charge in [-0.1, -0.05) is 130 Å². The normalized spacial score (nSPS) is 18.4. The van der Waals surface area contributed by atoms with Crippen LogP contribution in [-0.2, 0) is 34.6 Å². The van der Waals surface area contributed by atoms with Crippen LogP contribution < -0.4 is 0 Å². The molecule has 0 saturated heterocycles. The van der Waals surface area contributed by atoms with Crippen LogP contribution in [0.2, 0.25) is 0 Å². The number of nitrogens with one attached hydrogen (secondary N) is 2. The van der Waals surface area contributed by atoms with Gasteiger partial charge in [-0.25, -0.2) is 0 Å². The standard InChI is InChI=1S/2C10H15.2C6H6N.2ClH.2Ru/c2*1-6-7(2)9(4)10(5)8(6)3;2*7-6-4-2-1-3-5-6;;;;/h2*1-5H3;2*1-5,7H;2*1H;;/q;;2*-1;;;2*+3/p-2. The van der Waals surface area contributed by atoms with Crippen LogP contribution >= 0.6 is 19.4 Å². The molecule has 0 amide bonds. The summed E-state index contributed by atoms with van der Waals surface area (Å²) in [5, 5.41) is 0. The maximum absolute atomic E-state index is 7.00. The maximum atomic E-state index is 7.00. The molecule has 2 aromatic carbocycles. The first-order valence-corrected chi connectivity index (χ1v) is 16.6. The Morgan fingerprint density at radius 1 is 0.342 bits per heavy atom. The zero-order valence-electron chi connectivity index (χ0n) is 24.2. The van der Waals surface area contributed by atoms with Crippen molar-refractivity contribution in [1.82, 2.24) is 0 Å². The van der Waals surface area contributed by atoms with E-state index in [1.165, 1.54) is 59.2 Å². The second-order valence-corrected chi connectivity index (χ2v) is 8.98. The summed E-state index contributed by atoms with van der Waals surface area (Å²) in [5.41, 5.74) is 15.1. The van der Waals surface area contributed by atoms with Gasteiger partial charge < -0.3 is 11.5 Å². The molecular formula is C32H42Cl2N2Ru2+2. The molecule has 2 N–H and O–H groups in total. The van der Waals surface area contributed by atoms with Gasteiger partial charge in [0.1, 0.15) is 0 Å². The molecule has 2 aromatic rings. The Hall–Kier alpha value is -0.133. The molecule has 38 heavy (non-hydrogen) atoms. The second-order valence-electron chi connectivity index (χ2n) is 8.98. The van der Waals surface area contributed by atoms with Crippen LogP contribution in [0.4, 0.5) is 11.4 Å². The minimum absolute atomic E-state index is 0.572. The number of rotatable bonds is 0. The Labute approximate surface area is 264 Å². The van der Waals surface area contributed by atoms with Crippen molar-refractivity contribution in [3.63, 3.8) is 0 Å². The SMILES string of the molecule is C[C]1[C](C)[C](C)[C](C)[C]1C.C[C]1[C](C)[C](C)[C](C)[C]1C.[Cl][Ru+2].[Cl][Ru+2].[NH-]c1ccccc1.[NH-]c1ccccc1. The Morgan fingerprint density at radius 2 is 0.474 bits per heavy atom. The van der Waals surface area contributed by atoms with Gasteiger partial charge in [-0.2, -0.15) is 0 Å². The molecule has 2 nitrogen and oxygen atoms in total. The zero-order chi connectivity index (χ0) is 30.0. The van der Waals surface area contributed by atoms with E-state index in [-0.39, 0.29) is 0 Å². The minimum atomic E-state index is 0.572. The maximum Gasteiger partial charge on any atom is -0.0624 e. The molecule has 4 rings (SSSR count). The first-order valence-electron chi connectivity index (χ1n) is 12.1. The van der Waals surface area contributed by atoms with Gasteiger partial charge in [0, 0.05) is 0 Å². The summed E-state index contributed by atoms with van der Waals surface area (Å²) in [6.45, 7) is 22.0. The molecule has 0 bridgehead atoms. The molecule has 10 radical (unpaired) electrons. The molecule has 2 aliphatic rings. The summed E-state index contributed by atoms with van der Waals surface area (Å²) >= 11 is 3.64. The van der Waals surface area contributed by atoms with Crippen molar-refractivity contribution >= 4 is 30.8 Å². The van der Waals surface area contributed by atoms with E-state index >= 15 is 0 Å². The van der Waals surface area contributed by atoms with E-state index in [1.807, 2.05) is 71.0 Å². The number of halogens is 2. The average molecular weight is 728 g/mol. The van der Waals surface area contributed by atoms with E-state index in [4.69, 9.17) is 11.5 Å². The quantitative estimate of drug-likeness (QED) is 0.243. The molecule has 0 atom stereocenters. The Kier molecular flexibility index (Phi) is 23.7. The van der Waals surface area contributed by atoms with E-state index in [1.54, 1.807) is 24.3 Å². The molecule has 0 aromatic heterocycles. The van der Waals surface area contributed by atoms with Crippen LogP contribution in [0.3, 0.4) is 0 Å². The number of hydrogen-bond acceptors (Lipinski definition) is 0. The van der Waals surface area contributed by atoms with Gasteiger partial charge >= 0.3 is 54.0 Å². The molecule has 0 spiro atoms. The third-order valence-corrected chi connectivity index (χ3v) is 7.17. The summed E-state index contributed by atoms with van der Waals surface area (Å²) in [7, 11) is 9.14. The fraction of sp³-hybridized carbons (Fsp3) is 0.312. The Bertz CT molecular complexity index is 639. The fourth-order valence-electron chi connectivity index (χ4n) is 3.69. The van der Waals surface area contributed by atoms with Crippen LogP contribution in [0.25, 0.3) is 11.5 Å². The van der Waals surface area contributed by atoms with Gasteiger partial charge in [0.2, 0.25) is 0 Å². The average Bonchev–Trinajstić information content (AvgIpc) is 3.22. The van der Waals surface area contributed by atoms with E-state index in [0.29, 0.717) is 11.4 Å². The van der Waals surface area contributed by atoms with Crippen LogP contribution in [-0.4, -0.2) is 0 Å². The van der Waals surface area contributed by atoms with Gasteiger partial charge in [0.05, 0.1) is 0 Å². The number of benzene rings is 2.